The lowest BCUT2D eigenvalue weighted by atomic mass is 9.92. The summed E-state index contributed by atoms with van der Waals surface area (Å²) in [6.45, 7) is 0. The first kappa shape index (κ1) is 54.0. The van der Waals surface area contributed by atoms with Gasteiger partial charge in [0.15, 0.2) is 0 Å². The summed E-state index contributed by atoms with van der Waals surface area (Å²) in [4.78, 5) is 0. The number of halogens is 37. The number of quaternary nitrogens is 1. The van der Waals surface area contributed by atoms with Crippen molar-refractivity contribution in [3.05, 3.63) is 0 Å². The molecule has 0 aliphatic rings. The first-order valence-corrected chi connectivity index (χ1v) is 10.7. The summed E-state index contributed by atoms with van der Waals surface area (Å²) in [6, 6.07) is -47.4. The average molecular weight is 970 g/mol. The summed E-state index contributed by atoms with van der Waals surface area (Å²) >= 11 is 0. The van der Waals surface area contributed by atoms with Crippen molar-refractivity contribution in [3.63, 3.8) is 0 Å². The molecule has 0 bridgehead atoms. The van der Waals surface area contributed by atoms with E-state index in [1.807, 2.05) is 0 Å². The van der Waals surface area contributed by atoms with E-state index in [9.17, 15) is 158 Å². The third-order valence-corrected chi connectivity index (χ3v) is 6.20. The highest BCUT2D eigenvalue weighted by Crippen LogP contribution is 2.75. The third-order valence-electron chi connectivity index (χ3n) is 6.20. The van der Waals surface area contributed by atoms with Crippen LogP contribution in [0.4, 0.5) is 158 Å². The van der Waals surface area contributed by atoms with Gasteiger partial charge in [-0.2, -0.15) is 123 Å². The Balaban J connectivity index is 0. The average Bonchev–Trinajstić information content (AvgIpc) is 2.84. The Kier molecular flexibility index (Phi) is 12.7. The van der Waals surface area contributed by atoms with Crippen molar-refractivity contribution in [1.82, 2.24) is 0 Å². The molecule has 0 spiro atoms. The van der Waals surface area contributed by atoms with Crippen molar-refractivity contribution >= 4 is 0 Å². The minimum absolute atomic E-state index is 0. The smallest absolute Gasteiger partial charge is 0.477 e. The van der Waals surface area contributed by atoms with Crippen LogP contribution in [0.25, 0.3) is 0 Å². The molecule has 0 heterocycles. The molecular weight excluding hydrogens is 970 g/mol. The predicted octanol–water partition coefficient (Wildman–Crippen LogP) is 8.51. The molecule has 328 valence electrons. The quantitative estimate of drug-likeness (QED) is 0.105. The van der Waals surface area contributed by atoms with Gasteiger partial charge in [0.05, 0.1) is 0 Å². The molecule has 0 saturated heterocycles. The van der Waals surface area contributed by atoms with E-state index in [1.54, 1.807) is 0 Å². The molecule has 0 unspecified atom stereocenters. The summed E-state index contributed by atoms with van der Waals surface area (Å²) in [5, 5.41) is 0. The van der Waals surface area contributed by atoms with E-state index in [0.29, 0.717) is 0 Å². The highest BCUT2D eigenvalue weighted by molar-refractivity contribution is 5.10. The van der Waals surface area contributed by atoms with Gasteiger partial charge in [-0.3, -0.25) is 0 Å². The number of hydrogen-bond donors (Lipinski definition) is 0. The normalized spacial score (nSPS) is 17.1. The van der Waals surface area contributed by atoms with E-state index in [2.05, 4.69) is 0 Å². The number of hydrogen-bond acceptors (Lipinski definition) is 0. The molecule has 38 heteroatoms. The van der Waals surface area contributed by atoms with E-state index >= 15 is 0 Å². The van der Waals surface area contributed by atoms with Crippen LogP contribution in [0.3, 0.4) is 0 Å². The van der Waals surface area contributed by atoms with E-state index in [4.69, 9.17) is 0 Å². The van der Waals surface area contributed by atoms with Crippen LogP contribution in [-0.2, 0) is 0 Å². The number of rotatable bonds is 12. The summed E-state index contributed by atoms with van der Waals surface area (Å²) in [6.07, 6.45) is -37.1. The predicted molar refractivity (Wildman–Crippen MR) is 83.8 cm³/mol. The zero-order valence-electron chi connectivity index (χ0n) is 22.4. The molecule has 0 fully saturated rings. The van der Waals surface area contributed by atoms with Crippen LogP contribution in [0.1, 0.15) is 0 Å². The van der Waals surface area contributed by atoms with E-state index in [-0.39, 0.29) is 17.0 Å². The molecule has 0 aromatic carbocycles. The lowest BCUT2D eigenvalue weighted by molar-refractivity contribution is -1.21. The highest BCUT2D eigenvalue weighted by Gasteiger charge is 3.12. The summed E-state index contributed by atoms with van der Waals surface area (Å²) in [5.74, 6) is -84.0. The second-order valence-corrected chi connectivity index (χ2v) is 9.42. The Morgan fingerprint density at radius 2 is 0.259 bits per heavy atom. The standard InChI is InChI=1S/C16F36N.BrH/c17-1(18,9(33,34)35)5(25,26)13(45,46)53(14(47,48)6(27,28)2(19,20)10(36,37)38,15(49,50)7(29,30)3(21,22)11(39,40)41)16(51,52)8(31,32)4(23,24)12(42,43)44;/h;1H/q+1;/p-1. The monoisotopic (exact) mass is 969 g/mol. The van der Waals surface area contributed by atoms with Crippen LogP contribution < -0.4 is 17.0 Å². The molecule has 0 aliphatic heterocycles. The Morgan fingerprint density at radius 1 is 0.167 bits per heavy atom. The topological polar surface area (TPSA) is 0 Å². The van der Waals surface area contributed by atoms with E-state index in [0.717, 1.165) is 0 Å². The second-order valence-electron chi connectivity index (χ2n) is 9.42. The molecule has 0 saturated carbocycles. The highest BCUT2D eigenvalue weighted by atomic mass is 79.9. The molecule has 0 aliphatic carbocycles. The zero-order chi connectivity index (χ0) is 44.5. The minimum Gasteiger partial charge on any atom is -1.00 e. The second kappa shape index (κ2) is 12.7. The molecule has 1 nitrogen and oxygen atoms in total. The third kappa shape index (κ3) is 5.93. The largest absolute Gasteiger partial charge is 1.00 e. The van der Waals surface area contributed by atoms with Gasteiger partial charge in [-0.15, -0.1) is 35.1 Å². The molecule has 0 atom stereocenters. The van der Waals surface area contributed by atoms with Crippen molar-refractivity contribution in [2.75, 3.05) is 0 Å². The fraction of sp³-hybridized carbons (Fsp3) is 1.00. The fourth-order valence-corrected chi connectivity index (χ4v) is 3.37. The van der Waals surface area contributed by atoms with Crippen molar-refractivity contribution < 1.29 is 180 Å². The molecular formula is C16BrF36N. The van der Waals surface area contributed by atoms with Gasteiger partial charge < -0.3 is 17.0 Å². The summed E-state index contributed by atoms with van der Waals surface area (Å²) in [7, 11) is 0. The van der Waals surface area contributed by atoms with Gasteiger partial charge in [-0.1, -0.05) is 4.48 Å². The zero-order valence-corrected chi connectivity index (χ0v) is 24.0. The van der Waals surface area contributed by atoms with Gasteiger partial charge in [0.1, 0.15) is 0 Å². The van der Waals surface area contributed by atoms with E-state index < -0.39 is 101 Å². The Morgan fingerprint density at radius 3 is 0.333 bits per heavy atom. The fourth-order valence-electron chi connectivity index (χ4n) is 3.37. The molecule has 0 N–H and O–H groups in total. The van der Waals surface area contributed by atoms with Gasteiger partial charge in [-0.05, 0) is 0 Å². The lowest BCUT2D eigenvalue weighted by Gasteiger charge is -2.58. The molecule has 0 radical (unpaired) electrons. The number of alkyl halides is 36. The van der Waals surface area contributed by atoms with E-state index in [1.165, 1.54) is 0 Å². The molecule has 54 heavy (non-hydrogen) atoms. The Hall–Kier alpha value is -2.08. The van der Waals surface area contributed by atoms with Gasteiger partial charge in [0.2, 0.25) is 0 Å². The van der Waals surface area contributed by atoms with Gasteiger partial charge >= 0.3 is 96.3 Å². The first-order valence-electron chi connectivity index (χ1n) is 10.7. The van der Waals surface area contributed by atoms with Gasteiger partial charge in [-0.25, -0.2) is 0 Å². The van der Waals surface area contributed by atoms with Crippen molar-refractivity contribution in [2.45, 2.75) is 96.3 Å². The Labute approximate surface area is 277 Å². The van der Waals surface area contributed by atoms with Crippen molar-refractivity contribution in [1.29, 1.82) is 0 Å². The maximum absolute atomic E-state index is 14.9. The van der Waals surface area contributed by atoms with Gasteiger partial charge in [0.25, 0.3) is 0 Å². The van der Waals surface area contributed by atoms with Crippen LogP contribution in [0.2, 0.25) is 0 Å². The molecule has 0 aromatic rings. The lowest BCUT2D eigenvalue weighted by Crippen LogP contribution is -3.00. The SMILES string of the molecule is FC(F)(F)C(F)(F)C(F)(F)C(F)(F)[N+](C(F)(F)C(F)(F)C(F)(F)C(F)(F)F)(C(F)(F)C(F)(F)C(F)(F)C(F)(F)F)C(F)(F)C(F)(F)C(F)(F)C(F)(F)F.[Br-]. The van der Waals surface area contributed by atoms with Crippen LogP contribution >= 0.6 is 0 Å². The van der Waals surface area contributed by atoms with Gasteiger partial charge in [0, 0.05) is 0 Å². The Bertz CT molecular complexity index is 1130. The summed E-state index contributed by atoms with van der Waals surface area (Å²) < 4.78 is 478. The molecule has 0 amide bonds. The maximum atomic E-state index is 14.9. The van der Waals surface area contributed by atoms with Crippen molar-refractivity contribution in [2.24, 2.45) is 0 Å². The minimum atomic E-state index is -11.9. The summed E-state index contributed by atoms with van der Waals surface area (Å²) in [5.41, 5.74) is 0. The van der Waals surface area contributed by atoms with Crippen LogP contribution in [0, 0.1) is 0 Å². The van der Waals surface area contributed by atoms with Crippen LogP contribution in [0.15, 0.2) is 0 Å². The van der Waals surface area contributed by atoms with Crippen LogP contribution in [-0.4, -0.2) is 101 Å². The van der Waals surface area contributed by atoms with Crippen LogP contribution in [0.5, 0.6) is 0 Å². The van der Waals surface area contributed by atoms with Crippen molar-refractivity contribution in [3.8, 4) is 0 Å². The molecule has 0 rings (SSSR count). The number of nitrogens with zero attached hydrogens (tertiary/aromatic N) is 1. The maximum Gasteiger partial charge on any atom is 0.477 e. The first-order chi connectivity index (χ1) is 22.0. The molecule has 0 aromatic heterocycles.